The average molecular weight is 400 g/mol. The summed E-state index contributed by atoms with van der Waals surface area (Å²) in [4.78, 5) is 25.2. The molecule has 8 heteroatoms. The number of nitrogens with zero attached hydrogens (tertiary/aromatic N) is 1. The first-order chi connectivity index (χ1) is 13.5. The van der Waals surface area contributed by atoms with Gasteiger partial charge in [0.25, 0.3) is 5.91 Å². The summed E-state index contributed by atoms with van der Waals surface area (Å²) in [7, 11) is 0. The summed E-state index contributed by atoms with van der Waals surface area (Å²) in [5.74, 6) is 0.964. The molecule has 1 amide bonds. The summed E-state index contributed by atoms with van der Waals surface area (Å²) in [6, 6.07) is 12.1. The monoisotopic (exact) mass is 400 g/mol. The molecule has 0 fully saturated rings. The third kappa shape index (κ3) is 5.26. The zero-order chi connectivity index (χ0) is 19.9. The van der Waals surface area contributed by atoms with Gasteiger partial charge in [-0.3, -0.25) is 4.79 Å². The molecule has 0 unspecified atom stereocenters. The van der Waals surface area contributed by atoms with E-state index in [1.165, 1.54) is 18.0 Å². The SMILES string of the molecule is Cc1cc(CSc2ccccc2C(=O)OCC(=O)N[C@@H](C)c2ccco2)no1. The van der Waals surface area contributed by atoms with Crippen molar-refractivity contribution in [1.82, 2.24) is 10.5 Å². The fraction of sp³-hybridized carbons (Fsp3) is 0.250. The lowest BCUT2D eigenvalue weighted by atomic mass is 10.2. The van der Waals surface area contributed by atoms with Crippen molar-refractivity contribution in [3.05, 3.63) is 71.5 Å². The van der Waals surface area contributed by atoms with Crippen LogP contribution in [0.1, 0.15) is 40.5 Å². The van der Waals surface area contributed by atoms with E-state index in [1.807, 2.05) is 25.1 Å². The van der Waals surface area contributed by atoms with E-state index in [1.54, 1.807) is 31.2 Å². The molecule has 0 radical (unpaired) electrons. The molecule has 0 aliphatic heterocycles. The fourth-order valence-corrected chi connectivity index (χ4v) is 3.42. The summed E-state index contributed by atoms with van der Waals surface area (Å²) in [6.07, 6.45) is 1.53. The molecule has 0 bridgehead atoms. The van der Waals surface area contributed by atoms with Crippen LogP contribution >= 0.6 is 11.8 Å². The maximum Gasteiger partial charge on any atom is 0.339 e. The van der Waals surface area contributed by atoms with Crippen LogP contribution in [-0.4, -0.2) is 23.6 Å². The van der Waals surface area contributed by atoms with Gasteiger partial charge >= 0.3 is 5.97 Å². The molecule has 1 N–H and O–H groups in total. The number of carbonyl (C=O) groups excluding carboxylic acids is 2. The number of aromatic nitrogens is 1. The van der Waals surface area contributed by atoms with E-state index in [9.17, 15) is 9.59 Å². The van der Waals surface area contributed by atoms with E-state index < -0.39 is 11.9 Å². The number of amides is 1. The number of esters is 1. The highest BCUT2D eigenvalue weighted by Crippen LogP contribution is 2.26. The molecule has 146 valence electrons. The van der Waals surface area contributed by atoms with Gasteiger partial charge in [0, 0.05) is 16.7 Å². The predicted octanol–water partition coefficient (Wildman–Crippen LogP) is 3.90. The van der Waals surface area contributed by atoms with Crippen molar-refractivity contribution in [1.29, 1.82) is 0 Å². The van der Waals surface area contributed by atoms with E-state index >= 15 is 0 Å². The maximum absolute atomic E-state index is 12.4. The minimum Gasteiger partial charge on any atom is -0.467 e. The summed E-state index contributed by atoms with van der Waals surface area (Å²) >= 11 is 1.45. The Morgan fingerprint density at radius 2 is 2.07 bits per heavy atom. The lowest BCUT2D eigenvalue weighted by molar-refractivity contribution is -0.125. The van der Waals surface area contributed by atoms with Gasteiger partial charge in [0.2, 0.25) is 0 Å². The van der Waals surface area contributed by atoms with Gasteiger partial charge in [-0.15, -0.1) is 11.8 Å². The summed E-state index contributed by atoms with van der Waals surface area (Å²) in [6.45, 7) is 3.24. The Balaban J connectivity index is 1.54. The molecule has 3 aromatic rings. The molecule has 0 aliphatic carbocycles. The third-order valence-electron chi connectivity index (χ3n) is 3.84. The van der Waals surface area contributed by atoms with Crippen molar-refractivity contribution in [2.24, 2.45) is 0 Å². The van der Waals surface area contributed by atoms with Gasteiger partial charge in [-0.05, 0) is 38.1 Å². The number of nitrogens with one attached hydrogen (secondary N) is 1. The Bertz CT molecular complexity index is 936. The number of aryl methyl sites for hydroxylation is 1. The van der Waals surface area contributed by atoms with Crippen LogP contribution in [0.5, 0.6) is 0 Å². The Labute approximate surface area is 166 Å². The second-order valence-corrected chi connectivity index (χ2v) is 7.11. The largest absolute Gasteiger partial charge is 0.467 e. The number of furan rings is 1. The number of hydrogen-bond donors (Lipinski definition) is 1. The standard InChI is InChI=1S/C20H20N2O5S/c1-13-10-15(22-27-13)12-28-18-8-4-3-6-16(18)20(24)26-11-19(23)21-14(2)17-7-5-9-25-17/h3-10,14H,11-12H2,1-2H3,(H,21,23)/t14-/m0/s1. The summed E-state index contributed by atoms with van der Waals surface area (Å²) in [5, 5.41) is 6.66. The van der Waals surface area contributed by atoms with E-state index in [-0.39, 0.29) is 12.6 Å². The van der Waals surface area contributed by atoms with Gasteiger partial charge < -0.3 is 19.0 Å². The Morgan fingerprint density at radius 1 is 1.25 bits per heavy atom. The molecular formula is C20H20N2O5S. The highest BCUT2D eigenvalue weighted by Gasteiger charge is 2.17. The number of ether oxygens (including phenoxy) is 1. The Morgan fingerprint density at radius 3 is 2.79 bits per heavy atom. The summed E-state index contributed by atoms with van der Waals surface area (Å²) in [5.41, 5.74) is 1.19. The molecule has 2 aromatic heterocycles. The zero-order valence-corrected chi connectivity index (χ0v) is 16.3. The molecular weight excluding hydrogens is 380 g/mol. The quantitative estimate of drug-likeness (QED) is 0.452. The molecule has 7 nitrogen and oxygen atoms in total. The average Bonchev–Trinajstić information content (AvgIpc) is 3.36. The first kappa shape index (κ1) is 19.8. The highest BCUT2D eigenvalue weighted by molar-refractivity contribution is 7.98. The Hall–Kier alpha value is -3.00. The third-order valence-corrected chi connectivity index (χ3v) is 4.95. The van der Waals surface area contributed by atoms with Crippen molar-refractivity contribution < 1.29 is 23.3 Å². The first-order valence-electron chi connectivity index (χ1n) is 8.67. The van der Waals surface area contributed by atoms with Crippen LogP contribution in [0.4, 0.5) is 0 Å². The minimum atomic E-state index is -0.555. The van der Waals surface area contributed by atoms with E-state index in [2.05, 4.69) is 10.5 Å². The van der Waals surface area contributed by atoms with Crippen LogP contribution in [0.25, 0.3) is 0 Å². The van der Waals surface area contributed by atoms with Gasteiger partial charge in [-0.25, -0.2) is 4.79 Å². The van der Waals surface area contributed by atoms with Gasteiger partial charge in [0.15, 0.2) is 6.61 Å². The van der Waals surface area contributed by atoms with Crippen LogP contribution in [0.3, 0.4) is 0 Å². The van der Waals surface area contributed by atoms with E-state index in [4.69, 9.17) is 13.7 Å². The number of benzene rings is 1. The van der Waals surface area contributed by atoms with E-state index in [0.717, 1.165) is 16.3 Å². The predicted molar refractivity (Wildman–Crippen MR) is 103 cm³/mol. The smallest absolute Gasteiger partial charge is 0.339 e. The lowest BCUT2D eigenvalue weighted by Crippen LogP contribution is -2.31. The van der Waals surface area contributed by atoms with Crippen LogP contribution in [0, 0.1) is 6.92 Å². The molecule has 1 atom stereocenters. The van der Waals surface area contributed by atoms with Crippen molar-refractivity contribution in [2.75, 3.05) is 6.61 Å². The van der Waals surface area contributed by atoms with Crippen molar-refractivity contribution >= 4 is 23.6 Å². The lowest BCUT2D eigenvalue weighted by Gasteiger charge is -2.12. The topological polar surface area (TPSA) is 94.6 Å². The fourth-order valence-electron chi connectivity index (χ4n) is 2.50. The van der Waals surface area contributed by atoms with Crippen LogP contribution in [-0.2, 0) is 15.3 Å². The van der Waals surface area contributed by atoms with Crippen molar-refractivity contribution in [3.8, 4) is 0 Å². The highest BCUT2D eigenvalue weighted by atomic mass is 32.2. The van der Waals surface area contributed by atoms with Crippen LogP contribution < -0.4 is 5.32 Å². The number of rotatable bonds is 8. The van der Waals surface area contributed by atoms with Gasteiger partial charge in [0.1, 0.15) is 11.5 Å². The van der Waals surface area contributed by atoms with E-state index in [0.29, 0.717) is 17.1 Å². The molecule has 1 aromatic carbocycles. The molecule has 0 saturated carbocycles. The van der Waals surface area contributed by atoms with Gasteiger partial charge in [-0.2, -0.15) is 0 Å². The van der Waals surface area contributed by atoms with Gasteiger partial charge in [-0.1, -0.05) is 17.3 Å². The first-order valence-corrected chi connectivity index (χ1v) is 9.65. The normalized spacial score (nSPS) is 11.8. The molecule has 0 spiro atoms. The second-order valence-electron chi connectivity index (χ2n) is 6.09. The van der Waals surface area contributed by atoms with Crippen molar-refractivity contribution in [2.45, 2.75) is 30.5 Å². The second kappa shape index (κ2) is 9.27. The molecule has 3 rings (SSSR count). The van der Waals surface area contributed by atoms with Gasteiger partial charge in [0.05, 0.1) is 23.6 Å². The molecule has 28 heavy (non-hydrogen) atoms. The van der Waals surface area contributed by atoms with Crippen molar-refractivity contribution in [3.63, 3.8) is 0 Å². The number of carbonyl (C=O) groups is 2. The molecule has 2 heterocycles. The zero-order valence-electron chi connectivity index (χ0n) is 15.5. The minimum absolute atomic E-state index is 0.310. The molecule has 0 aliphatic rings. The number of thioether (sulfide) groups is 1. The molecule has 0 saturated heterocycles. The maximum atomic E-state index is 12.4. The van der Waals surface area contributed by atoms with Crippen LogP contribution in [0.2, 0.25) is 0 Å². The number of hydrogen-bond acceptors (Lipinski definition) is 7. The summed E-state index contributed by atoms with van der Waals surface area (Å²) < 4.78 is 15.5. The Kier molecular flexibility index (Phi) is 6.54. The van der Waals surface area contributed by atoms with Crippen LogP contribution in [0.15, 0.2) is 62.6 Å².